The van der Waals surface area contributed by atoms with Gasteiger partial charge in [0.05, 0.1) is 12.7 Å². The van der Waals surface area contributed by atoms with Crippen LogP contribution in [-0.2, 0) is 0 Å². The van der Waals surface area contributed by atoms with Gasteiger partial charge in [-0.2, -0.15) is 0 Å². The van der Waals surface area contributed by atoms with Crippen molar-refractivity contribution in [3.8, 4) is 0 Å². The first-order valence-electron chi connectivity index (χ1n) is 3.33. The van der Waals surface area contributed by atoms with Gasteiger partial charge in [-0.25, -0.2) is 0 Å². The molecular formula is C6H14O5. The highest BCUT2D eigenvalue weighted by molar-refractivity contribution is 4.77. The molecule has 0 unspecified atom stereocenters. The molecule has 0 fully saturated rings. The Labute approximate surface area is 64.5 Å². The van der Waals surface area contributed by atoms with E-state index in [2.05, 4.69) is 0 Å². The van der Waals surface area contributed by atoms with E-state index in [4.69, 9.17) is 25.5 Å². The fourth-order valence-corrected chi connectivity index (χ4v) is 0.621. The van der Waals surface area contributed by atoms with Crippen LogP contribution in [0.1, 0.15) is 6.92 Å². The minimum Gasteiger partial charge on any atom is -0.394 e. The highest BCUT2D eigenvalue weighted by atomic mass is 16.4. The molecule has 0 aromatic rings. The second-order valence-electron chi connectivity index (χ2n) is 2.47. The van der Waals surface area contributed by atoms with Crippen molar-refractivity contribution in [1.29, 1.82) is 0 Å². The third-order valence-electron chi connectivity index (χ3n) is 1.43. The van der Waals surface area contributed by atoms with Crippen LogP contribution in [0.15, 0.2) is 0 Å². The summed E-state index contributed by atoms with van der Waals surface area (Å²) >= 11 is 0. The Kier molecular flexibility index (Phi) is 4.55. The summed E-state index contributed by atoms with van der Waals surface area (Å²) < 4.78 is 0. The van der Waals surface area contributed by atoms with Gasteiger partial charge >= 0.3 is 0 Å². The minimum absolute atomic E-state index is 0.648. The van der Waals surface area contributed by atoms with E-state index in [-0.39, 0.29) is 0 Å². The third-order valence-corrected chi connectivity index (χ3v) is 1.43. The normalized spacial score (nSPS) is 22.4. The van der Waals surface area contributed by atoms with Crippen molar-refractivity contribution in [2.75, 3.05) is 6.61 Å². The molecule has 0 spiro atoms. The Bertz CT molecular complexity index is 105. The van der Waals surface area contributed by atoms with Crippen LogP contribution in [0.3, 0.4) is 0 Å². The summed E-state index contributed by atoms with van der Waals surface area (Å²) in [4.78, 5) is 0. The van der Waals surface area contributed by atoms with Gasteiger partial charge in [0.25, 0.3) is 0 Å². The third kappa shape index (κ3) is 3.13. The summed E-state index contributed by atoms with van der Waals surface area (Å²) in [6.07, 6.45) is -5.50. The van der Waals surface area contributed by atoms with Gasteiger partial charge in [0.2, 0.25) is 0 Å². The molecule has 0 aliphatic carbocycles. The molecule has 0 saturated heterocycles. The van der Waals surface area contributed by atoms with Crippen LogP contribution < -0.4 is 0 Å². The quantitative estimate of drug-likeness (QED) is 0.316. The molecule has 4 atom stereocenters. The zero-order valence-corrected chi connectivity index (χ0v) is 6.25. The van der Waals surface area contributed by atoms with Crippen molar-refractivity contribution in [2.24, 2.45) is 0 Å². The first-order valence-corrected chi connectivity index (χ1v) is 3.33. The number of hydrogen-bond donors (Lipinski definition) is 5. The number of rotatable bonds is 4. The van der Waals surface area contributed by atoms with E-state index in [0.717, 1.165) is 0 Å². The van der Waals surface area contributed by atoms with Crippen LogP contribution in [-0.4, -0.2) is 56.6 Å². The summed E-state index contributed by atoms with van der Waals surface area (Å²) in [6.45, 7) is 0.628. The van der Waals surface area contributed by atoms with Crippen molar-refractivity contribution in [2.45, 2.75) is 31.3 Å². The van der Waals surface area contributed by atoms with Crippen LogP contribution >= 0.6 is 0 Å². The standard InChI is InChI=1S/C6H14O5/c1-3(8)5(10)6(11)4(9)2-7/h3-11H,2H2,1H3/t3-,4-,5-,6-/m1/s1. The van der Waals surface area contributed by atoms with Crippen molar-refractivity contribution in [3.63, 3.8) is 0 Å². The molecule has 0 heterocycles. The van der Waals surface area contributed by atoms with Crippen LogP contribution in [0.25, 0.3) is 0 Å². The lowest BCUT2D eigenvalue weighted by Crippen LogP contribution is -2.44. The van der Waals surface area contributed by atoms with Gasteiger partial charge in [0, 0.05) is 0 Å². The molecule has 11 heavy (non-hydrogen) atoms. The summed E-state index contributed by atoms with van der Waals surface area (Å²) in [5, 5.41) is 43.7. The van der Waals surface area contributed by atoms with Crippen LogP contribution in [0.5, 0.6) is 0 Å². The van der Waals surface area contributed by atoms with Gasteiger partial charge in [-0.05, 0) is 6.92 Å². The second kappa shape index (κ2) is 4.63. The van der Waals surface area contributed by atoms with Crippen LogP contribution in [0.4, 0.5) is 0 Å². The topological polar surface area (TPSA) is 101 Å². The molecular weight excluding hydrogens is 152 g/mol. The Morgan fingerprint density at radius 1 is 1.00 bits per heavy atom. The van der Waals surface area contributed by atoms with Crippen molar-refractivity contribution < 1.29 is 25.5 Å². The molecule has 0 bridgehead atoms. The van der Waals surface area contributed by atoms with Crippen molar-refractivity contribution in [3.05, 3.63) is 0 Å². The van der Waals surface area contributed by atoms with Gasteiger partial charge in [-0.15, -0.1) is 0 Å². The zero-order valence-electron chi connectivity index (χ0n) is 6.25. The van der Waals surface area contributed by atoms with E-state index in [0.29, 0.717) is 0 Å². The van der Waals surface area contributed by atoms with E-state index < -0.39 is 31.0 Å². The SMILES string of the molecule is C[C@@H](O)[C@@H](O)[C@H](O)[C@H](O)CO. The molecule has 0 aliphatic heterocycles. The summed E-state index contributed by atoms with van der Waals surface area (Å²) in [5.74, 6) is 0. The average Bonchev–Trinajstić information content (AvgIpc) is 2.00. The maximum atomic E-state index is 8.94. The molecule has 0 saturated carbocycles. The summed E-state index contributed by atoms with van der Waals surface area (Å²) in [5.41, 5.74) is 0. The molecule has 5 N–H and O–H groups in total. The predicted molar refractivity (Wildman–Crippen MR) is 36.8 cm³/mol. The fraction of sp³-hybridized carbons (Fsp3) is 1.00. The molecule has 0 radical (unpaired) electrons. The Balaban J connectivity index is 3.90. The highest BCUT2D eigenvalue weighted by Gasteiger charge is 2.27. The van der Waals surface area contributed by atoms with Gasteiger partial charge < -0.3 is 25.5 Å². The lowest BCUT2D eigenvalue weighted by atomic mass is 10.1. The van der Waals surface area contributed by atoms with Gasteiger partial charge in [-0.1, -0.05) is 0 Å². The zero-order chi connectivity index (χ0) is 9.02. The molecule has 68 valence electrons. The first-order chi connectivity index (χ1) is 5.00. The molecule has 5 nitrogen and oxygen atoms in total. The van der Waals surface area contributed by atoms with E-state index in [1.54, 1.807) is 0 Å². The Hall–Kier alpha value is -0.200. The Morgan fingerprint density at radius 3 is 1.73 bits per heavy atom. The van der Waals surface area contributed by atoms with E-state index in [1.807, 2.05) is 0 Å². The molecule has 0 aliphatic rings. The lowest BCUT2D eigenvalue weighted by molar-refractivity contribution is -0.110. The molecule has 5 heteroatoms. The smallest absolute Gasteiger partial charge is 0.110 e. The first kappa shape index (κ1) is 10.8. The van der Waals surface area contributed by atoms with E-state index >= 15 is 0 Å². The van der Waals surface area contributed by atoms with Crippen molar-refractivity contribution in [1.82, 2.24) is 0 Å². The number of aliphatic hydroxyl groups excluding tert-OH is 5. The molecule has 0 aromatic carbocycles. The fourth-order valence-electron chi connectivity index (χ4n) is 0.621. The van der Waals surface area contributed by atoms with Crippen molar-refractivity contribution >= 4 is 0 Å². The van der Waals surface area contributed by atoms with Crippen LogP contribution in [0, 0.1) is 0 Å². The monoisotopic (exact) mass is 166 g/mol. The van der Waals surface area contributed by atoms with Gasteiger partial charge in [-0.3, -0.25) is 0 Å². The minimum atomic E-state index is -1.51. The van der Waals surface area contributed by atoms with Gasteiger partial charge in [0.15, 0.2) is 0 Å². The Morgan fingerprint density at radius 2 is 1.45 bits per heavy atom. The van der Waals surface area contributed by atoms with E-state index in [9.17, 15) is 0 Å². The second-order valence-corrected chi connectivity index (χ2v) is 2.47. The molecule has 0 rings (SSSR count). The van der Waals surface area contributed by atoms with Crippen LogP contribution in [0.2, 0.25) is 0 Å². The summed E-state index contributed by atoms with van der Waals surface area (Å²) in [6, 6.07) is 0. The largest absolute Gasteiger partial charge is 0.394 e. The highest BCUT2D eigenvalue weighted by Crippen LogP contribution is 2.03. The van der Waals surface area contributed by atoms with E-state index in [1.165, 1.54) is 6.92 Å². The maximum absolute atomic E-state index is 8.94. The van der Waals surface area contributed by atoms with Gasteiger partial charge in [0.1, 0.15) is 18.3 Å². The lowest BCUT2D eigenvalue weighted by Gasteiger charge is -2.23. The number of hydrogen-bond acceptors (Lipinski definition) is 5. The number of aliphatic hydroxyl groups is 5. The molecule has 0 amide bonds. The average molecular weight is 166 g/mol. The molecule has 0 aromatic heterocycles. The maximum Gasteiger partial charge on any atom is 0.110 e. The predicted octanol–water partition coefficient (Wildman–Crippen LogP) is -2.56. The summed E-state index contributed by atoms with van der Waals surface area (Å²) in [7, 11) is 0.